The number of amides is 1. The highest BCUT2D eigenvalue weighted by atomic mass is 32.2. The Morgan fingerprint density at radius 2 is 2.00 bits per heavy atom. The quantitative estimate of drug-likeness (QED) is 0.658. The first-order chi connectivity index (χ1) is 8.59. The van der Waals surface area contributed by atoms with Crippen LogP contribution in [-0.4, -0.2) is 57.7 Å². The van der Waals surface area contributed by atoms with Crippen LogP contribution >= 0.6 is 0 Å². The monoisotopic (exact) mass is 291 g/mol. The molecular weight excluding hydrogens is 274 g/mol. The van der Waals surface area contributed by atoms with Gasteiger partial charge in [-0.1, -0.05) is 6.92 Å². The minimum Gasteiger partial charge on any atom is -0.480 e. The molecule has 0 spiro atoms. The maximum Gasteiger partial charge on any atom is 0.328 e. The van der Waals surface area contributed by atoms with Crippen molar-refractivity contribution in [3.63, 3.8) is 0 Å². The van der Waals surface area contributed by atoms with Gasteiger partial charge in [-0.3, -0.25) is 4.79 Å². The van der Waals surface area contributed by atoms with E-state index in [1.807, 2.05) is 0 Å². The van der Waals surface area contributed by atoms with Crippen LogP contribution in [0.2, 0.25) is 0 Å². The van der Waals surface area contributed by atoms with E-state index in [-0.39, 0.29) is 6.42 Å². The molecule has 2 fully saturated rings. The summed E-state index contributed by atoms with van der Waals surface area (Å²) < 4.78 is 23.2. The molecule has 8 heteroatoms. The molecule has 108 valence electrons. The number of β-lactam (4-membered cyclic amide) rings is 1. The van der Waals surface area contributed by atoms with E-state index in [1.54, 1.807) is 6.92 Å². The lowest BCUT2D eigenvalue weighted by Gasteiger charge is -2.44. The SMILES string of the molecule is CC[C@@H](O)[C@@H]1C(=O)N2[C@@H](C(=O)O)C(C)(C)S(=O)(=O)[C@H]12. The van der Waals surface area contributed by atoms with Crippen LogP contribution in [0.3, 0.4) is 0 Å². The number of carboxylic acid groups (broad SMARTS) is 1. The number of aliphatic hydroxyl groups excluding tert-OH is 1. The number of sulfone groups is 1. The summed E-state index contributed by atoms with van der Waals surface area (Å²) in [4.78, 5) is 24.1. The molecule has 2 aliphatic rings. The average Bonchev–Trinajstić information content (AvgIpc) is 2.43. The second kappa shape index (κ2) is 3.92. The number of hydrogen-bond donors (Lipinski definition) is 2. The van der Waals surface area contributed by atoms with E-state index in [0.29, 0.717) is 0 Å². The highest BCUT2D eigenvalue weighted by Gasteiger charge is 2.72. The minimum absolute atomic E-state index is 0.244. The molecule has 0 aliphatic carbocycles. The predicted molar refractivity (Wildman–Crippen MR) is 64.8 cm³/mol. The number of fused-ring (bicyclic) bond motifs is 1. The Morgan fingerprint density at radius 3 is 2.42 bits per heavy atom. The standard InChI is InChI=1S/C11H17NO6S/c1-4-5(13)6-8(14)12-7(10(15)16)11(2,3)19(17,18)9(6)12/h5-7,9,13H,4H2,1-3H3,(H,15,16)/t5-,6-,7+,9-/m1/s1. The number of aliphatic hydroxyl groups is 1. The lowest BCUT2D eigenvalue weighted by atomic mass is 9.87. The zero-order valence-corrected chi connectivity index (χ0v) is 11.7. The van der Waals surface area contributed by atoms with Crippen molar-refractivity contribution in [3.05, 3.63) is 0 Å². The summed E-state index contributed by atoms with van der Waals surface area (Å²) in [5, 5.41) is 17.7. The topological polar surface area (TPSA) is 112 Å². The van der Waals surface area contributed by atoms with E-state index in [0.717, 1.165) is 4.90 Å². The number of nitrogens with zero attached hydrogens (tertiary/aromatic N) is 1. The number of aliphatic carboxylic acids is 1. The summed E-state index contributed by atoms with van der Waals surface area (Å²) in [6.07, 6.45) is -0.819. The van der Waals surface area contributed by atoms with Crippen LogP contribution in [0.15, 0.2) is 0 Å². The second-order valence-corrected chi connectivity index (χ2v) is 8.15. The molecule has 2 N–H and O–H groups in total. The highest BCUT2D eigenvalue weighted by Crippen LogP contribution is 2.49. The van der Waals surface area contributed by atoms with Crippen molar-refractivity contribution in [1.29, 1.82) is 0 Å². The minimum atomic E-state index is -3.83. The van der Waals surface area contributed by atoms with Crippen molar-refractivity contribution in [2.75, 3.05) is 0 Å². The van der Waals surface area contributed by atoms with E-state index in [9.17, 15) is 28.2 Å². The van der Waals surface area contributed by atoms with Crippen molar-refractivity contribution in [2.24, 2.45) is 5.92 Å². The lowest BCUT2D eigenvalue weighted by Crippen LogP contribution is -2.66. The Kier molecular flexibility index (Phi) is 2.94. The van der Waals surface area contributed by atoms with Crippen LogP contribution < -0.4 is 0 Å². The van der Waals surface area contributed by atoms with Gasteiger partial charge in [0, 0.05) is 0 Å². The molecule has 2 aliphatic heterocycles. The Morgan fingerprint density at radius 1 is 1.47 bits per heavy atom. The van der Waals surface area contributed by atoms with Gasteiger partial charge in [-0.15, -0.1) is 0 Å². The third kappa shape index (κ3) is 1.50. The fourth-order valence-electron chi connectivity index (χ4n) is 2.95. The van der Waals surface area contributed by atoms with Gasteiger partial charge >= 0.3 is 5.97 Å². The molecule has 0 bridgehead atoms. The normalized spacial score (nSPS) is 36.5. The molecule has 0 radical (unpaired) electrons. The van der Waals surface area contributed by atoms with Gasteiger partial charge in [0.15, 0.2) is 9.84 Å². The first-order valence-electron chi connectivity index (χ1n) is 6.05. The van der Waals surface area contributed by atoms with Crippen LogP contribution in [0.4, 0.5) is 0 Å². The van der Waals surface area contributed by atoms with E-state index in [2.05, 4.69) is 0 Å². The van der Waals surface area contributed by atoms with Gasteiger partial charge in [0.05, 0.1) is 16.8 Å². The van der Waals surface area contributed by atoms with Gasteiger partial charge in [0.1, 0.15) is 11.4 Å². The molecule has 0 saturated carbocycles. The number of carboxylic acids is 1. The third-order valence-corrected chi connectivity index (χ3v) is 7.02. The summed E-state index contributed by atoms with van der Waals surface area (Å²) >= 11 is 0. The molecule has 0 aromatic carbocycles. The molecule has 2 rings (SSSR count). The lowest BCUT2D eigenvalue weighted by molar-refractivity contribution is -0.169. The molecule has 19 heavy (non-hydrogen) atoms. The fourth-order valence-corrected chi connectivity index (χ4v) is 5.31. The Hall–Kier alpha value is -1.15. The van der Waals surface area contributed by atoms with Crippen LogP contribution in [0, 0.1) is 5.92 Å². The van der Waals surface area contributed by atoms with E-state index in [4.69, 9.17) is 0 Å². The van der Waals surface area contributed by atoms with Gasteiger partial charge in [-0.05, 0) is 20.3 Å². The zero-order valence-electron chi connectivity index (χ0n) is 10.9. The first kappa shape index (κ1) is 14.3. The maximum atomic E-state index is 12.4. The highest BCUT2D eigenvalue weighted by molar-refractivity contribution is 7.93. The molecule has 2 heterocycles. The Bertz CT molecular complexity index is 539. The van der Waals surface area contributed by atoms with Crippen molar-refractivity contribution >= 4 is 21.7 Å². The molecule has 1 amide bonds. The fraction of sp³-hybridized carbons (Fsp3) is 0.818. The average molecular weight is 291 g/mol. The van der Waals surface area contributed by atoms with Gasteiger partial charge in [-0.2, -0.15) is 0 Å². The van der Waals surface area contributed by atoms with E-state index < -0.39 is 49.9 Å². The predicted octanol–water partition coefficient (Wildman–Crippen LogP) is -0.798. The molecule has 2 saturated heterocycles. The van der Waals surface area contributed by atoms with Crippen LogP contribution in [0.5, 0.6) is 0 Å². The van der Waals surface area contributed by atoms with Crippen molar-refractivity contribution in [3.8, 4) is 0 Å². The summed E-state index contributed by atoms with van der Waals surface area (Å²) in [5.41, 5.74) is 0. The van der Waals surface area contributed by atoms with Gasteiger partial charge in [0.2, 0.25) is 5.91 Å². The van der Waals surface area contributed by atoms with Crippen molar-refractivity contribution < 1.29 is 28.2 Å². The number of rotatable bonds is 3. The Labute approximate surface area is 111 Å². The molecule has 4 atom stereocenters. The van der Waals surface area contributed by atoms with E-state index >= 15 is 0 Å². The van der Waals surface area contributed by atoms with Gasteiger partial charge < -0.3 is 15.1 Å². The van der Waals surface area contributed by atoms with Crippen molar-refractivity contribution in [1.82, 2.24) is 4.90 Å². The molecular formula is C11H17NO6S. The third-order valence-electron chi connectivity index (χ3n) is 4.18. The maximum absolute atomic E-state index is 12.4. The molecule has 0 unspecified atom stereocenters. The van der Waals surface area contributed by atoms with Gasteiger partial charge in [-0.25, -0.2) is 13.2 Å². The summed E-state index contributed by atoms with van der Waals surface area (Å²) in [6, 6.07) is -1.39. The van der Waals surface area contributed by atoms with Crippen molar-refractivity contribution in [2.45, 2.75) is 49.5 Å². The van der Waals surface area contributed by atoms with Gasteiger partial charge in [0.25, 0.3) is 0 Å². The second-order valence-electron chi connectivity index (χ2n) is 5.53. The summed E-state index contributed by atoms with van der Waals surface area (Å²) in [5.74, 6) is -2.98. The number of carbonyl (C=O) groups excluding carboxylic acids is 1. The largest absolute Gasteiger partial charge is 0.480 e. The first-order valence-corrected chi connectivity index (χ1v) is 7.60. The number of hydrogen-bond acceptors (Lipinski definition) is 5. The van der Waals surface area contributed by atoms with Crippen LogP contribution in [0.25, 0.3) is 0 Å². The number of carbonyl (C=O) groups is 2. The zero-order chi connectivity index (χ0) is 14.7. The summed E-state index contributed by atoms with van der Waals surface area (Å²) in [6.45, 7) is 4.26. The van der Waals surface area contributed by atoms with E-state index in [1.165, 1.54) is 13.8 Å². The smallest absolute Gasteiger partial charge is 0.328 e. The summed E-state index contributed by atoms with van der Waals surface area (Å²) in [7, 11) is -3.83. The van der Waals surface area contributed by atoms with Crippen LogP contribution in [0.1, 0.15) is 27.2 Å². The Balaban J connectivity index is 2.51. The van der Waals surface area contributed by atoms with Crippen LogP contribution in [-0.2, 0) is 19.4 Å². The molecule has 0 aromatic rings. The molecule has 0 aromatic heterocycles. The molecule has 7 nitrogen and oxygen atoms in total.